The van der Waals surface area contributed by atoms with Crippen molar-refractivity contribution in [1.29, 1.82) is 0 Å². The van der Waals surface area contributed by atoms with Gasteiger partial charge in [0.05, 0.1) is 18.7 Å². The van der Waals surface area contributed by atoms with Gasteiger partial charge in [-0.3, -0.25) is 4.99 Å². The van der Waals surface area contributed by atoms with Gasteiger partial charge in [0.1, 0.15) is 5.75 Å². The van der Waals surface area contributed by atoms with Crippen molar-refractivity contribution in [2.75, 3.05) is 26.7 Å². The number of rotatable bonds is 9. The lowest BCUT2D eigenvalue weighted by Gasteiger charge is -2.18. The molecule has 1 aromatic heterocycles. The Kier molecular flexibility index (Phi) is 9.01. The molecule has 0 radical (unpaired) electrons. The highest BCUT2D eigenvalue weighted by atomic mass is 127. The first-order valence-electron chi connectivity index (χ1n) is 9.80. The third kappa shape index (κ3) is 5.83. The highest BCUT2D eigenvalue weighted by Gasteiger charge is 2.46. The zero-order valence-electron chi connectivity index (χ0n) is 17.0. The number of nitrogens with one attached hydrogen (secondary N) is 2. The minimum Gasteiger partial charge on any atom is -0.496 e. The summed E-state index contributed by atoms with van der Waals surface area (Å²) >= 11 is 1.80. The number of benzene rings is 1. The van der Waals surface area contributed by atoms with Crippen molar-refractivity contribution in [3.05, 3.63) is 45.9 Å². The number of methoxy groups -OCH3 is 1. The summed E-state index contributed by atoms with van der Waals surface area (Å²) < 4.78 is 5.57. The van der Waals surface area contributed by atoms with Gasteiger partial charge >= 0.3 is 0 Å². The van der Waals surface area contributed by atoms with E-state index in [0.29, 0.717) is 0 Å². The van der Waals surface area contributed by atoms with Gasteiger partial charge in [-0.2, -0.15) is 0 Å². The Morgan fingerprint density at radius 3 is 2.68 bits per heavy atom. The van der Waals surface area contributed by atoms with Crippen molar-refractivity contribution in [3.8, 4) is 5.75 Å². The number of aliphatic imine (C=N–C) groups is 1. The number of guanidine groups is 1. The smallest absolute Gasteiger partial charge is 0.191 e. The average molecular weight is 514 g/mol. The second kappa shape index (κ2) is 11.0. The fourth-order valence-electron chi connectivity index (χ4n) is 3.23. The number of nitrogens with zero attached hydrogens (tertiary/aromatic N) is 2. The van der Waals surface area contributed by atoms with E-state index in [1.54, 1.807) is 18.4 Å². The number of ether oxygens (including phenoxy) is 1. The number of hydrogen-bond acceptors (Lipinski definition) is 4. The van der Waals surface area contributed by atoms with Gasteiger partial charge in [0.2, 0.25) is 0 Å². The maximum absolute atomic E-state index is 5.57. The van der Waals surface area contributed by atoms with E-state index in [-0.39, 0.29) is 29.4 Å². The zero-order chi connectivity index (χ0) is 19.1. The summed E-state index contributed by atoms with van der Waals surface area (Å²) in [7, 11) is 1.74. The van der Waals surface area contributed by atoms with Gasteiger partial charge in [-0.15, -0.1) is 35.3 Å². The first-order chi connectivity index (χ1) is 13.2. The van der Waals surface area contributed by atoms with Crippen molar-refractivity contribution in [1.82, 2.24) is 15.6 Å². The molecule has 28 heavy (non-hydrogen) atoms. The predicted molar refractivity (Wildman–Crippen MR) is 128 cm³/mol. The molecule has 0 spiro atoms. The fraction of sp³-hybridized carbons (Fsp3) is 0.524. The van der Waals surface area contributed by atoms with Crippen molar-refractivity contribution in [2.24, 2.45) is 4.99 Å². The number of halogens is 1. The maximum Gasteiger partial charge on any atom is 0.191 e. The summed E-state index contributed by atoms with van der Waals surface area (Å²) in [5, 5.41) is 7.99. The van der Waals surface area contributed by atoms with E-state index in [1.165, 1.54) is 15.4 Å². The topological polar surface area (TPSA) is 58.5 Å². The molecule has 7 heteroatoms. The largest absolute Gasteiger partial charge is 0.496 e. The summed E-state index contributed by atoms with van der Waals surface area (Å²) in [6.07, 6.45) is 6.29. The minimum absolute atomic E-state index is 0. The molecule has 1 fully saturated rings. The van der Waals surface area contributed by atoms with Crippen LogP contribution in [-0.4, -0.2) is 37.7 Å². The number of aryl methyl sites for hydroxylation is 1. The van der Waals surface area contributed by atoms with E-state index in [2.05, 4.69) is 41.6 Å². The molecule has 2 N–H and O–H groups in total. The van der Waals surface area contributed by atoms with Crippen LogP contribution in [0.2, 0.25) is 0 Å². The summed E-state index contributed by atoms with van der Waals surface area (Å²) in [4.78, 5) is 10.7. The average Bonchev–Trinajstić information content (AvgIpc) is 3.36. The second-order valence-corrected chi connectivity index (χ2v) is 8.13. The van der Waals surface area contributed by atoms with Gasteiger partial charge in [0.25, 0.3) is 0 Å². The van der Waals surface area contributed by atoms with Crippen molar-refractivity contribution >= 4 is 41.3 Å². The van der Waals surface area contributed by atoms with Crippen molar-refractivity contribution in [2.45, 2.75) is 44.9 Å². The van der Waals surface area contributed by atoms with Gasteiger partial charge < -0.3 is 15.4 Å². The molecule has 5 nitrogen and oxygen atoms in total. The van der Waals surface area contributed by atoms with E-state index in [4.69, 9.17) is 9.73 Å². The third-order valence-corrected chi connectivity index (χ3v) is 6.20. The normalized spacial score (nSPS) is 14.9. The Morgan fingerprint density at radius 2 is 2.04 bits per heavy atom. The third-order valence-electron chi connectivity index (χ3n) is 5.00. The lowest BCUT2D eigenvalue weighted by Crippen LogP contribution is -2.39. The molecule has 1 aliphatic rings. The zero-order valence-corrected chi connectivity index (χ0v) is 20.1. The highest BCUT2D eigenvalue weighted by Crippen LogP contribution is 2.51. The van der Waals surface area contributed by atoms with Gasteiger partial charge in [-0.05, 0) is 32.3 Å². The van der Waals surface area contributed by atoms with Crippen LogP contribution in [0.1, 0.15) is 42.1 Å². The predicted octanol–water partition coefficient (Wildman–Crippen LogP) is 4.16. The van der Waals surface area contributed by atoms with Gasteiger partial charge in [-0.25, -0.2) is 4.98 Å². The molecule has 1 saturated carbocycles. The quantitative estimate of drug-likeness (QED) is 0.300. The molecule has 0 bridgehead atoms. The summed E-state index contributed by atoms with van der Waals surface area (Å²) in [6, 6.07) is 8.33. The van der Waals surface area contributed by atoms with Crippen LogP contribution in [0.15, 0.2) is 35.5 Å². The summed E-state index contributed by atoms with van der Waals surface area (Å²) in [5.41, 5.74) is 1.40. The first kappa shape index (κ1) is 22.9. The van der Waals surface area contributed by atoms with Crippen LogP contribution in [0.3, 0.4) is 0 Å². The van der Waals surface area contributed by atoms with Gasteiger partial charge in [0.15, 0.2) is 5.96 Å². The van der Waals surface area contributed by atoms with Crippen LogP contribution >= 0.6 is 35.3 Å². The molecule has 1 aliphatic carbocycles. The van der Waals surface area contributed by atoms with E-state index in [0.717, 1.165) is 57.0 Å². The number of aromatic nitrogens is 1. The monoisotopic (exact) mass is 514 g/mol. The fourth-order valence-corrected chi connectivity index (χ4v) is 4.10. The molecule has 1 heterocycles. The summed E-state index contributed by atoms with van der Waals surface area (Å²) in [5.74, 6) is 1.85. The highest BCUT2D eigenvalue weighted by molar-refractivity contribution is 14.0. The van der Waals surface area contributed by atoms with Crippen LogP contribution in [-0.2, 0) is 18.3 Å². The molecule has 1 aromatic carbocycles. The summed E-state index contributed by atoms with van der Waals surface area (Å²) in [6.45, 7) is 6.73. The molecular weight excluding hydrogens is 483 g/mol. The van der Waals surface area contributed by atoms with Crippen LogP contribution in [0.5, 0.6) is 5.75 Å². The molecule has 0 saturated heterocycles. The van der Waals surface area contributed by atoms with Crippen LogP contribution in [0.4, 0.5) is 0 Å². The Morgan fingerprint density at radius 1 is 1.25 bits per heavy atom. The van der Waals surface area contributed by atoms with Crippen molar-refractivity contribution < 1.29 is 4.74 Å². The SMILES string of the molecule is CCNC(=NCC1(c2ccccc2OC)CC1)NCCc1ncc(CC)s1.I. The molecule has 0 amide bonds. The van der Waals surface area contributed by atoms with Crippen LogP contribution in [0, 0.1) is 0 Å². The van der Waals surface area contributed by atoms with Crippen LogP contribution < -0.4 is 15.4 Å². The van der Waals surface area contributed by atoms with Crippen LogP contribution in [0.25, 0.3) is 0 Å². The Labute approximate surface area is 189 Å². The Balaban J connectivity index is 0.00000280. The molecule has 2 aromatic rings. The molecule has 0 unspecified atom stereocenters. The molecular formula is C21H31IN4OS. The van der Waals surface area contributed by atoms with E-state index < -0.39 is 0 Å². The van der Waals surface area contributed by atoms with E-state index >= 15 is 0 Å². The standard InChI is InChI=1S/C21H30N4OS.HI/c1-4-16-14-24-19(27-16)10-13-23-20(22-5-2)25-15-21(11-12-21)17-8-6-7-9-18(17)26-3;/h6-9,14H,4-5,10-13,15H2,1-3H3,(H2,22,23,25);1H. The van der Waals surface area contributed by atoms with E-state index in [9.17, 15) is 0 Å². The lowest BCUT2D eigenvalue weighted by molar-refractivity contribution is 0.404. The molecule has 0 atom stereocenters. The Bertz CT molecular complexity index is 773. The number of hydrogen-bond donors (Lipinski definition) is 2. The molecule has 154 valence electrons. The van der Waals surface area contributed by atoms with Gasteiger partial charge in [0, 0.05) is 41.6 Å². The lowest BCUT2D eigenvalue weighted by atomic mass is 9.95. The minimum atomic E-state index is 0. The second-order valence-electron chi connectivity index (χ2n) is 6.93. The molecule has 0 aliphatic heterocycles. The maximum atomic E-state index is 5.57. The van der Waals surface area contributed by atoms with Gasteiger partial charge in [-0.1, -0.05) is 25.1 Å². The molecule has 3 rings (SSSR count). The number of para-hydroxylation sites is 1. The number of thiazole rings is 1. The van der Waals surface area contributed by atoms with E-state index in [1.807, 2.05) is 18.3 Å². The Hall–Kier alpha value is -1.35. The van der Waals surface area contributed by atoms with Crippen molar-refractivity contribution in [3.63, 3.8) is 0 Å². The first-order valence-corrected chi connectivity index (χ1v) is 10.6.